The van der Waals surface area contributed by atoms with Crippen LogP contribution in [-0.4, -0.2) is 83.4 Å². The number of aromatic nitrogens is 1. The number of halogens is 6. The molecule has 1 aromatic carbocycles. The maximum absolute atomic E-state index is 14.8. The van der Waals surface area contributed by atoms with Crippen LogP contribution in [0.5, 0.6) is 11.5 Å². The Bertz CT molecular complexity index is 1740. The zero-order valence-electron chi connectivity index (χ0n) is 29.5. The van der Waals surface area contributed by atoms with Crippen molar-refractivity contribution < 1.29 is 50.2 Å². The highest BCUT2D eigenvalue weighted by Gasteiger charge is 2.56. The second kappa shape index (κ2) is 16.8. The maximum atomic E-state index is 14.8. The van der Waals surface area contributed by atoms with E-state index in [1.165, 1.54) is 4.90 Å². The number of thiophene rings is 1. The average Bonchev–Trinajstić information content (AvgIpc) is 3.61. The summed E-state index contributed by atoms with van der Waals surface area (Å²) < 4.78 is 95.4. The number of likely N-dealkylation sites (tertiary alicyclic amines) is 1. The number of benzene rings is 1. The van der Waals surface area contributed by atoms with E-state index in [1.807, 2.05) is 24.3 Å². The number of anilines is 1. The summed E-state index contributed by atoms with van der Waals surface area (Å²) in [7, 11) is 0. The maximum Gasteiger partial charge on any atom is 0.425 e. The molecule has 0 unspecified atom stereocenters. The Kier molecular flexibility index (Phi) is 12.6. The van der Waals surface area contributed by atoms with E-state index in [4.69, 9.17) is 9.47 Å². The molecule has 2 aliphatic heterocycles. The fourth-order valence-corrected chi connectivity index (χ4v) is 7.70. The van der Waals surface area contributed by atoms with Gasteiger partial charge >= 0.3 is 12.4 Å². The van der Waals surface area contributed by atoms with Crippen LogP contribution in [0, 0.1) is 0 Å². The van der Waals surface area contributed by atoms with Crippen LogP contribution in [0.3, 0.4) is 0 Å². The zero-order chi connectivity index (χ0) is 38.4. The Hall–Kier alpha value is -4.34. The number of ketones is 1. The fourth-order valence-electron chi connectivity index (χ4n) is 7.02. The van der Waals surface area contributed by atoms with Crippen LogP contribution in [0.2, 0.25) is 0 Å². The lowest BCUT2D eigenvalue weighted by atomic mass is 9.79. The third-order valence-electron chi connectivity index (χ3n) is 9.51. The number of rotatable bonds is 13. The minimum absolute atomic E-state index is 0.00479. The number of nitrogens with zero attached hydrogens (tertiary/aromatic N) is 4. The molecule has 2 fully saturated rings. The largest absolute Gasteiger partial charge is 0.491 e. The SMILES string of the molecule is CCC[C@H]1N(C(=O)c2cnccc2C(F)(F)F)CCC[C@@]1(Oc1csc(C(F)(F)F)c1)C(=O)N1CCN(c2ccccc2OCCCCC(C)=O)CC1. The zero-order valence-corrected chi connectivity index (χ0v) is 30.3. The Morgan fingerprint density at radius 3 is 2.38 bits per heavy atom. The predicted octanol–water partition coefficient (Wildman–Crippen LogP) is 7.89. The molecule has 3 aromatic rings. The minimum atomic E-state index is -4.86. The topological polar surface area (TPSA) is 92.3 Å². The lowest BCUT2D eigenvalue weighted by Gasteiger charge is -2.50. The molecule has 4 heterocycles. The van der Waals surface area contributed by atoms with Gasteiger partial charge in [-0.05, 0) is 50.8 Å². The summed E-state index contributed by atoms with van der Waals surface area (Å²) in [6.07, 6.45) is -5.18. The number of piperidine rings is 1. The number of para-hydroxylation sites is 2. The molecule has 2 amide bonds. The van der Waals surface area contributed by atoms with Crippen molar-refractivity contribution in [1.29, 1.82) is 0 Å². The lowest BCUT2D eigenvalue weighted by molar-refractivity contribution is -0.159. The van der Waals surface area contributed by atoms with Gasteiger partial charge in [-0.15, -0.1) is 11.3 Å². The molecule has 0 aliphatic carbocycles. The molecule has 0 radical (unpaired) electrons. The Balaban J connectivity index is 1.43. The molecule has 16 heteroatoms. The summed E-state index contributed by atoms with van der Waals surface area (Å²) in [6, 6.07) is 7.86. The van der Waals surface area contributed by atoms with E-state index < -0.39 is 51.8 Å². The molecule has 0 bridgehead atoms. The third kappa shape index (κ3) is 9.25. The van der Waals surface area contributed by atoms with Crippen molar-refractivity contribution in [2.24, 2.45) is 0 Å². The molecule has 2 aliphatic rings. The van der Waals surface area contributed by atoms with E-state index in [1.54, 1.807) is 18.7 Å². The van der Waals surface area contributed by atoms with Gasteiger partial charge in [0.1, 0.15) is 22.2 Å². The van der Waals surface area contributed by atoms with Crippen LogP contribution in [0.15, 0.2) is 54.2 Å². The molecule has 0 spiro atoms. The normalized spacial score (nSPS) is 19.6. The van der Waals surface area contributed by atoms with E-state index in [0.717, 1.165) is 29.5 Å². The van der Waals surface area contributed by atoms with Crippen LogP contribution < -0.4 is 14.4 Å². The predicted molar refractivity (Wildman–Crippen MR) is 186 cm³/mol. The van der Waals surface area contributed by atoms with Gasteiger partial charge in [0.2, 0.25) is 5.60 Å². The van der Waals surface area contributed by atoms with Gasteiger partial charge in [0.05, 0.1) is 29.5 Å². The van der Waals surface area contributed by atoms with Crippen molar-refractivity contribution in [1.82, 2.24) is 14.8 Å². The molecule has 288 valence electrons. The van der Waals surface area contributed by atoms with Gasteiger partial charge in [-0.25, -0.2) is 0 Å². The Morgan fingerprint density at radius 1 is 0.981 bits per heavy atom. The number of ether oxygens (including phenoxy) is 2. The van der Waals surface area contributed by atoms with Gasteiger partial charge in [-0.2, -0.15) is 26.3 Å². The quantitative estimate of drug-likeness (QED) is 0.129. The second-order valence-corrected chi connectivity index (χ2v) is 14.1. The van der Waals surface area contributed by atoms with Crippen LogP contribution in [0.1, 0.15) is 79.6 Å². The van der Waals surface area contributed by atoms with Gasteiger partial charge in [-0.1, -0.05) is 25.5 Å². The summed E-state index contributed by atoms with van der Waals surface area (Å²) in [5.74, 6) is -0.996. The van der Waals surface area contributed by atoms with Crippen molar-refractivity contribution in [2.45, 2.75) is 82.8 Å². The molecule has 2 atom stereocenters. The molecule has 0 N–H and O–H groups in total. The van der Waals surface area contributed by atoms with Crippen LogP contribution in [0.25, 0.3) is 0 Å². The first-order chi connectivity index (χ1) is 25.2. The van der Waals surface area contributed by atoms with E-state index in [-0.39, 0.29) is 50.4 Å². The highest BCUT2D eigenvalue weighted by Crippen LogP contribution is 2.43. The standard InChI is InChI=1S/C37H42F6N4O5S/c1-3-9-31-35(52-26-22-32(53-24-26)37(41,42)43,14-8-16-47(31)33(49)27-23-44-15-13-28(27)36(38,39)40)34(50)46-19-17-45(18-20-46)29-11-4-5-12-30(29)51-21-7-6-10-25(2)48/h4-5,11-13,15,22-24,31H,3,6-10,14,16-21H2,1-2H3/t31-,35+/m1/s1. The first-order valence-electron chi connectivity index (χ1n) is 17.6. The third-order valence-corrected chi connectivity index (χ3v) is 10.5. The van der Waals surface area contributed by atoms with E-state index in [9.17, 15) is 40.7 Å². The summed E-state index contributed by atoms with van der Waals surface area (Å²) >= 11 is 0.401. The monoisotopic (exact) mass is 768 g/mol. The second-order valence-electron chi connectivity index (χ2n) is 13.2. The van der Waals surface area contributed by atoms with Gasteiger partial charge in [0.25, 0.3) is 11.8 Å². The highest BCUT2D eigenvalue weighted by atomic mass is 32.1. The number of carbonyl (C=O) groups is 3. The lowest BCUT2D eigenvalue weighted by Crippen LogP contribution is -2.69. The molecule has 5 rings (SSSR count). The van der Waals surface area contributed by atoms with Gasteiger partial charge < -0.3 is 29.0 Å². The number of hydrogen-bond donors (Lipinski definition) is 0. The number of piperazine rings is 1. The van der Waals surface area contributed by atoms with Crippen LogP contribution >= 0.6 is 11.3 Å². The molecule has 9 nitrogen and oxygen atoms in total. The summed E-state index contributed by atoms with van der Waals surface area (Å²) in [5, 5.41) is 1.15. The van der Waals surface area contributed by atoms with Crippen LogP contribution in [0.4, 0.5) is 32.0 Å². The fraction of sp³-hybridized carbons (Fsp3) is 0.514. The number of Topliss-reactive ketones (excluding diaryl/α,β-unsaturated/α-hetero) is 1. The molecule has 53 heavy (non-hydrogen) atoms. The number of amides is 2. The number of unbranched alkanes of at least 4 members (excludes halogenated alkanes) is 1. The number of carbonyl (C=O) groups excluding carboxylic acids is 3. The molecular formula is C37H42F6N4O5S. The molecule has 0 saturated carbocycles. The first kappa shape index (κ1) is 39.9. The van der Waals surface area contributed by atoms with Crippen molar-refractivity contribution in [3.63, 3.8) is 0 Å². The van der Waals surface area contributed by atoms with Crippen molar-refractivity contribution in [3.05, 3.63) is 70.2 Å². The summed E-state index contributed by atoms with van der Waals surface area (Å²) in [6.45, 7) is 4.88. The summed E-state index contributed by atoms with van der Waals surface area (Å²) in [4.78, 5) is 47.8. The van der Waals surface area contributed by atoms with Gasteiger partial charge in [0, 0.05) is 69.4 Å². The van der Waals surface area contributed by atoms with Gasteiger partial charge in [-0.3, -0.25) is 14.6 Å². The minimum Gasteiger partial charge on any atom is -0.491 e. The summed E-state index contributed by atoms with van der Waals surface area (Å²) in [5.41, 5.74) is -2.95. The Labute approximate surface area is 307 Å². The molecule has 2 saturated heterocycles. The van der Waals surface area contributed by atoms with Crippen LogP contribution in [-0.2, 0) is 21.9 Å². The van der Waals surface area contributed by atoms with E-state index in [0.29, 0.717) is 68.5 Å². The van der Waals surface area contributed by atoms with Crippen molar-refractivity contribution in [2.75, 3.05) is 44.2 Å². The molecule has 2 aromatic heterocycles. The first-order valence-corrected chi connectivity index (χ1v) is 18.5. The Morgan fingerprint density at radius 2 is 1.72 bits per heavy atom. The van der Waals surface area contributed by atoms with Gasteiger partial charge in [0.15, 0.2) is 0 Å². The van der Waals surface area contributed by atoms with Crippen molar-refractivity contribution >= 4 is 34.6 Å². The number of alkyl halides is 6. The molecular weight excluding hydrogens is 726 g/mol. The average molecular weight is 769 g/mol. The highest BCUT2D eigenvalue weighted by molar-refractivity contribution is 7.10. The smallest absolute Gasteiger partial charge is 0.425 e. The van der Waals surface area contributed by atoms with Crippen molar-refractivity contribution in [3.8, 4) is 11.5 Å². The number of hydrogen-bond acceptors (Lipinski definition) is 8. The number of pyridine rings is 1. The van der Waals surface area contributed by atoms with E-state index >= 15 is 0 Å². The van der Waals surface area contributed by atoms with E-state index in [2.05, 4.69) is 9.88 Å².